The van der Waals surface area contributed by atoms with E-state index in [1.807, 2.05) is 18.2 Å². The molecule has 0 saturated heterocycles. The molecule has 0 bridgehead atoms. The van der Waals surface area contributed by atoms with Crippen LogP contribution in [0.2, 0.25) is 10.0 Å². The maximum absolute atomic E-state index is 12.6. The molecule has 0 aliphatic carbocycles. The molecular formula is C19H14Cl2N2O3S. The molecule has 1 amide bonds. The summed E-state index contributed by atoms with van der Waals surface area (Å²) in [4.78, 5) is 28.2. The summed E-state index contributed by atoms with van der Waals surface area (Å²) in [5.74, 6) is -1.52. The number of halogens is 2. The molecule has 1 atom stereocenters. The highest BCUT2D eigenvalue weighted by atomic mass is 35.5. The molecule has 138 valence electrons. The number of carbonyl (C=O) groups excluding carboxylic acids is 1. The van der Waals surface area contributed by atoms with E-state index in [0.717, 1.165) is 5.56 Å². The van der Waals surface area contributed by atoms with Crippen LogP contribution < -0.4 is 5.32 Å². The Balaban J connectivity index is 1.83. The summed E-state index contributed by atoms with van der Waals surface area (Å²) in [7, 11) is 0. The van der Waals surface area contributed by atoms with Gasteiger partial charge in [0.15, 0.2) is 0 Å². The van der Waals surface area contributed by atoms with Crippen LogP contribution in [0, 0.1) is 0 Å². The summed E-state index contributed by atoms with van der Waals surface area (Å²) >= 11 is 13.6. The first-order valence-corrected chi connectivity index (χ1v) is 9.56. The quantitative estimate of drug-likeness (QED) is 0.583. The van der Waals surface area contributed by atoms with Crippen LogP contribution in [0.4, 0.5) is 0 Å². The van der Waals surface area contributed by atoms with Crippen LogP contribution in [0.5, 0.6) is 0 Å². The van der Waals surface area contributed by atoms with Gasteiger partial charge in [0.05, 0.1) is 17.5 Å². The normalized spacial score (nSPS) is 11.8. The van der Waals surface area contributed by atoms with Crippen LogP contribution in [0.3, 0.4) is 0 Å². The monoisotopic (exact) mass is 420 g/mol. The number of rotatable bonds is 6. The van der Waals surface area contributed by atoms with Gasteiger partial charge in [0, 0.05) is 16.0 Å². The second kappa shape index (κ2) is 8.52. The maximum atomic E-state index is 12.6. The molecule has 1 unspecified atom stereocenters. The average molecular weight is 421 g/mol. The summed E-state index contributed by atoms with van der Waals surface area (Å²) in [6.45, 7) is 0. The Morgan fingerprint density at radius 1 is 1.07 bits per heavy atom. The minimum atomic E-state index is -1.05. The molecule has 0 radical (unpaired) electrons. The molecule has 0 spiro atoms. The summed E-state index contributed by atoms with van der Waals surface area (Å²) in [5.41, 5.74) is 1.46. The fraction of sp³-hybridized carbons (Fsp3) is 0.105. The summed E-state index contributed by atoms with van der Waals surface area (Å²) in [6.07, 6.45) is -0.295. The molecule has 5 nitrogen and oxygen atoms in total. The van der Waals surface area contributed by atoms with Crippen LogP contribution in [-0.2, 0) is 4.79 Å². The largest absolute Gasteiger partial charge is 0.481 e. The van der Waals surface area contributed by atoms with Gasteiger partial charge in [-0.15, -0.1) is 11.3 Å². The predicted molar refractivity (Wildman–Crippen MR) is 106 cm³/mol. The number of amides is 1. The lowest BCUT2D eigenvalue weighted by atomic mass is 10.0. The second-order valence-electron chi connectivity index (χ2n) is 5.66. The van der Waals surface area contributed by atoms with Crippen LogP contribution in [-0.4, -0.2) is 22.0 Å². The molecule has 0 aliphatic rings. The van der Waals surface area contributed by atoms with Gasteiger partial charge in [0.2, 0.25) is 0 Å². The van der Waals surface area contributed by atoms with E-state index in [1.54, 1.807) is 35.7 Å². The lowest BCUT2D eigenvalue weighted by molar-refractivity contribution is -0.137. The average Bonchev–Trinajstić information content (AvgIpc) is 3.11. The van der Waals surface area contributed by atoms with Crippen molar-refractivity contribution in [2.75, 3.05) is 0 Å². The van der Waals surface area contributed by atoms with E-state index in [0.29, 0.717) is 20.6 Å². The SMILES string of the molecule is O=C(O)CC(NC(=O)c1csc(-c2ccccc2Cl)n1)c1ccccc1Cl. The molecule has 3 aromatic rings. The number of thiazole rings is 1. The molecule has 2 aromatic carbocycles. The molecule has 0 saturated carbocycles. The zero-order chi connectivity index (χ0) is 19.4. The first-order chi connectivity index (χ1) is 13.0. The van der Waals surface area contributed by atoms with E-state index in [9.17, 15) is 14.7 Å². The van der Waals surface area contributed by atoms with Gasteiger partial charge >= 0.3 is 5.97 Å². The third-order valence-electron chi connectivity index (χ3n) is 3.81. The highest BCUT2D eigenvalue weighted by Gasteiger charge is 2.22. The van der Waals surface area contributed by atoms with E-state index in [4.69, 9.17) is 23.2 Å². The smallest absolute Gasteiger partial charge is 0.305 e. The van der Waals surface area contributed by atoms with Gasteiger partial charge in [-0.1, -0.05) is 59.6 Å². The number of aliphatic carboxylic acids is 1. The van der Waals surface area contributed by atoms with Crippen molar-refractivity contribution in [3.63, 3.8) is 0 Å². The zero-order valence-electron chi connectivity index (χ0n) is 13.9. The zero-order valence-corrected chi connectivity index (χ0v) is 16.2. The molecule has 8 heteroatoms. The van der Waals surface area contributed by atoms with Crippen molar-refractivity contribution in [3.05, 3.63) is 75.2 Å². The highest BCUT2D eigenvalue weighted by Crippen LogP contribution is 2.30. The Kier molecular flexibility index (Phi) is 6.11. The molecule has 0 fully saturated rings. The Hall–Kier alpha value is -2.41. The Morgan fingerprint density at radius 3 is 2.41 bits per heavy atom. The minimum absolute atomic E-state index is 0.192. The number of nitrogens with zero attached hydrogens (tertiary/aromatic N) is 1. The fourth-order valence-corrected chi connectivity index (χ4v) is 3.93. The van der Waals surface area contributed by atoms with E-state index >= 15 is 0 Å². The van der Waals surface area contributed by atoms with Gasteiger partial charge in [-0.2, -0.15) is 0 Å². The van der Waals surface area contributed by atoms with Crippen molar-refractivity contribution in [2.24, 2.45) is 0 Å². The van der Waals surface area contributed by atoms with Crippen LogP contribution >= 0.6 is 34.5 Å². The Morgan fingerprint density at radius 2 is 1.74 bits per heavy atom. The van der Waals surface area contributed by atoms with E-state index in [-0.39, 0.29) is 12.1 Å². The molecule has 1 aromatic heterocycles. The maximum Gasteiger partial charge on any atom is 0.305 e. The number of carbonyl (C=O) groups is 2. The number of nitrogens with one attached hydrogen (secondary N) is 1. The molecule has 3 rings (SSSR count). The van der Waals surface area contributed by atoms with Crippen molar-refractivity contribution in [2.45, 2.75) is 12.5 Å². The Bertz CT molecular complexity index is 990. The molecule has 1 heterocycles. The van der Waals surface area contributed by atoms with Crippen LogP contribution in [0.15, 0.2) is 53.9 Å². The number of hydrogen-bond donors (Lipinski definition) is 2. The van der Waals surface area contributed by atoms with Gasteiger partial charge in [0.1, 0.15) is 10.7 Å². The number of aromatic nitrogens is 1. The van der Waals surface area contributed by atoms with Gasteiger partial charge in [0.25, 0.3) is 5.91 Å². The summed E-state index contributed by atoms with van der Waals surface area (Å²) < 4.78 is 0. The van der Waals surface area contributed by atoms with Gasteiger partial charge in [-0.3, -0.25) is 9.59 Å². The van der Waals surface area contributed by atoms with Gasteiger partial charge in [-0.25, -0.2) is 4.98 Å². The summed E-state index contributed by atoms with van der Waals surface area (Å²) in [5, 5.41) is 15.0. The topological polar surface area (TPSA) is 79.3 Å². The van der Waals surface area contributed by atoms with Crippen molar-refractivity contribution in [3.8, 4) is 10.6 Å². The summed E-state index contributed by atoms with van der Waals surface area (Å²) in [6, 6.07) is 13.3. The second-order valence-corrected chi connectivity index (χ2v) is 7.34. The lowest BCUT2D eigenvalue weighted by Gasteiger charge is -2.18. The number of benzene rings is 2. The highest BCUT2D eigenvalue weighted by molar-refractivity contribution is 7.13. The first kappa shape index (κ1) is 19.4. The molecule has 2 N–H and O–H groups in total. The molecule has 0 aliphatic heterocycles. The van der Waals surface area contributed by atoms with Crippen LogP contribution in [0.1, 0.15) is 28.5 Å². The van der Waals surface area contributed by atoms with E-state index in [2.05, 4.69) is 10.3 Å². The lowest BCUT2D eigenvalue weighted by Crippen LogP contribution is -2.30. The first-order valence-electron chi connectivity index (χ1n) is 7.93. The van der Waals surface area contributed by atoms with E-state index in [1.165, 1.54) is 11.3 Å². The predicted octanol–water partition coefficient (Wildman–Crippen LogP) is 5.06. The third-order valence-corrected chi connectivity index (χ3v) is 5.36. The van der Waals surface area contributed by atoms with Crippen LogP contribution in [0.25, 0.3) is 10.6 Å². The number of hydrogen-bond acceptors (Lipinski definition) is 4. The number of carboxylic acid groups (broad SMARTS) is 1. The standard InChI is InChI=1S/C19H14Cl2N2O3S/c20-13-7-3-1-5-11(13)15(9-17(24)25)22-18(26)16-10-27-19(23-16)12-6-2-4-8-14(12)21/h1-8,10,15H,9H2,(H,22,26)(H,24,25). The van der Waals surface area contributed by atoms with E-state index < -0.39 is 17.9 Å². The van der Waals surface area contributed by atoms with Crippen molar-refractivity contribution >= 4 is 46.4 Å². The number of carboxylic acids is 1. The molecular weight excluding hydrogens is 407 g/mol. The van der Waals surface area contributed by atoms with Gasteiger partial charge < -0.3 is 10.4 Å². The van der Waals surface area contributed by atoms with Gasteiger partial charge in [-0.05, 0) is 17.7 Å². The Labute approximate surface area is 169 Å². The minimum Gasteiger partial charge on any atom is -0.481 e. The fourth-order valence-electron chi connectivity index (χ4n) is 2.54. The molecule has 27 heavy (non-hydrogen) atoms. The third kappa shape index (κ3) is 4.66. The van der Waals surface area contributed by atoms with Crippen molar-refractivity contribution < 1.29 is 14.7 Å². The van der Waals surface area contributed by atoms with Crippen molar-refractivity contribution in [1.82, 2.24) is 10.3 Å². The van der Waals surface area contributed by atoms with Crippen molar-refractivity contribution in [1.29, 1.82) is 0 Å².